The van der Waals surface area contributed by atoms with Crippen molar-refractivity contribution < 1.29 is 9.59 Å². The first-order valence-electron chi connectivity index (χ1n) is 7.94. The number of nitrogens with two attached hydrogens (primary N) is 4. The summed E-state index contributed by atoms with van der Waals surface area (Å²) in [5.41, 5.74) is 22.3. The molecule has 0 aliphatic rings. The monoisotopic (exact) mass is 316 g/mol. The fraction of sp³-hybridized carbons (Fsp3) is 0.857. The van der Waals surface area contributed by atoms with Gasteiger partial charge in [0.05, 0.1) is 18.2 Å². The van der Waals surface area contributed by atoms with Crippen LogP contribution in [0, 0.1) is 0 Å². The van der Waals surface area contributed by atoms with Crippen molar-refractivity contribution >= 4 is 11.8 Å². The van der Waals surface area contributed by atoms with Crippen molar-refractivity contribution in [2.24, 2.45) is 22.9 Å². The lowest BCUT2D eigenvalue weighted by molar-refractivity contribution is -0.125. The number of hydrogen-bond donors (Lipinski definition) is 6. The lowest BCUT2D eigenvalue weighted by atomic mass is 10.1. The van der Waals surface area contributed by atoms with Crippen LogP contribution >= 0.6 is 0 Å². The van der Waals surface area contributed by atoms with E-state index in [4.69, 9.17) is 22.9 Å². The maximum absolute atomic E-state index is 11.8. The maximum atomic E-state index is 11.8. The highest BCUT2D eigenvalue weighted by atomic mass is 16.2. The van der Waals surface area contributed by atoms with Gasteiger partial charge in [-0.25, -0.2) is 0 Å². The highest BCUT2D eigenvalue weighted by molar-refractivity contribution is 5.84. The van der Waals surface area contributed by atoms with Gasteiger partial charge in [-0.2, -0.15) is 0 Å². The zero-order chi connectivity index (χ0) is 17.0. The molecule has 8 nitrogen and oxygen atoms in total. The van der Waals surface area contributed by atoms with Crippen LogP contribution in [0.1, 0.15) is 45.4 Å². The third-order valence-corrected chi connectivity index (χ3v) is 3.33. The topological polar surface area (TPSA) is 162 Å². The Hall–Kier alpha value is -1.22. The van der Waals surface area contributed by atoms with E-state index in [-0.39, 0.29) is 11.8 Å². The summed E-state index contributed by atoms with van der Waals surface area (Å²) in [6.45, 7) is 2.85. The fourth-order valence-electron chi connectivity index (χ4n) is 1.96. The number of carbonyl (C=O) groups is 2. The minimum absolute atomic E-state index is 0.290. The molecule has 0 aromatic rings. The predicted molar refractivity (Wildman–Crippen MR) is 87.5 cm³/mol. The molecule has 0 aliphatic carbocycles. The maximum Gasteiger partial charge on any atom is 0.238 e. The largest absolute Gasteiger partial charge is 0.335 e. The Morgan fingerprint density at radius 1 is 0.818 bits per heavy atom. The predicted octanol–water partition coefficient (Wildman–Crippen LogP) is -1.52. The van der Waals surface area contributed by atoms with E-state index in [0.717, 1.165) is 25.7 Å². The molecule has 0 saturated carbocycles. The second-order valence-corrected chi connectivity index (χ2v) is 5.52. The number of rotatable bonds is 12. The van der Waals surface area contributed by atoms with Gasteiger partial charge in [0.15, 0.2) is 0 Å². The third-order valence-electron chi connectivity index (χ3n) is 3.33. The SMILES string of the molecule is CC(NC(=O)[C@@H](N)CCCCN)NC(=O)[C@@H](N)CCCCN. The number of nitrogens with one attached hydrogen (secondary N) is 2. The standard InChI is InChI=1S/C14H32N6O2/c1-10(19-13(21)11(17)6-2-4-8-15)20-14(22)12(18)7-3-5-9-16/h10-12H,2-9,15-18H2,1H3,(H,19,21)(H,20,22)/t11-,12-/m0/s1. The molecule has 0 fully saturated rings. The molecule has 22 heavy (non-hydrogen) atoms. The van der Waals surface area contributed by atoms with E-state index in [2.05, 4.69) is 10.6 Å². The van der Waals surface area contributed by atoms with Gasteiger partial charge >= 0.3 is 0 Å². The molecule has 0 aromatic heterocycles. The van der Waals surface area contributed by atoms with Crippen LogP contribution < -0.4 is 33.6 Å². The summed E-state index contributed by atoms with van der Waals surface area (Å²) in [6.07, 6.45) is 3.91. The van der Waals surface area contributed by atoms with Crippen molar-refractivity contribution in [2.45, 2.75) is 63.7 Å². The Kier molecular flexibility index (Phi) is 11.7. The second kappa shape index (κ2) is 12.3. The van der Waals surface area contributed by atoms with Gasteiger partial charge in [0.2, 0.25) is 11.8 Å². The molecule has 2 amide bonds. The Balaban J connectivity index is 4.01. The highest BCUT2D eigenvalue weighted by Crippen LogP contribution is 2.00. The number of hydrogen-bond acceptors (Lipinski definition) is 6. The van der Waals surface area contributed by atoms with Crippen LogP contribution in [0.3, 0.4) is 0 Å². The number of unbranched alkanes of at least 4 members (excludes halogenated alkanes) is 2. The summed E-state index contributed by atoms with van der Waals surface area (Å²) < 4.78 is 0. The average molecular weight is 316 g/mol. The van der Waals surface area contributed by atoms with Gasteiger partial charge < -0.3 is 33.6 Å². The molecule has 0 bridgehead atoms. The van der Waals surface area contributed by atoms with Gasteiger partial charge in [-0.3, -0.25) is 9.59 Å². The van der Waals surface area contributed by atoms with Gasteiger partial charge in [-0.05, 0) is 45.7 Å². The van der Waals surface area contributed by atoms with Crippen LogP contribution in [-0.2, 0) is 9.59 Å². The van der Waals surface area contributed by atoms with Crippen LogP contribution in [0.15, 0.2) is 0 Å². The average Bonchev–Trinajstić information content (AvgIpc) is 2.47. The zero-order valence-corrected chi connectivity index (χ0v) is 13.5. The van der Waals surface area contributed by atoms with Crippen LogP contribution in [-0.4, -0.2) is 43.2 Å². The molecule has 0 spiro atoms. The smallest absolute Gasteiger partial charge is 0.238 e. The van der Waals surface area contributed by atoms with Crippen molar-refractivity contribution in [3.63, 3.8) is 0 Å². The van der Waals surface area contributed by atoms with E-state index in [0.29, 0.717) is 25.9 Å². The first-order chi connectivity index (χ1) is 10.4. The van der Waals surface area contributed by atoms with Crippen molar-refractivity contribution in [2.75, 3.05) is 13.1 Å². The van der Waals surface area contributed by atoms with Crippen LogP contribution in [0.4, 0.5) is 0 Å². The van der Waals surface area contributed by atoms with E-state index in [1.807, 2.05) is 0 Å². The lowest BCUT2D eigenvalue weighted by Gasteiger charge is -2.20. The molecule has 10 N–H and O–H groups in total. The normalized spacial score (nSPS) is 13.7. The number of carbonyl (C=O) groups excluding carboxylic acids is 2. The van der Waals surface area contributed by atoms with Crippen molar-refractivity contribution in [3.8, 4) is 0 Å². The van der Waals surface area contributed by atoms with Crippen molar-refractivity contribution in [1.29, 1.82) is 0 Å². The molecular formula is C14H32N6O2. The molecule has 0 aromatic carbocycles. The molecule has 0 unspecified atom stereocenters. The first-order valence-corrected chi connectivity index (χ1v) is 7.94. The fourth-order valence-corrected chi connectivity index (χ4v) is 1.96. The van der Waals surface area contributed by atoms with E-state index in [1.54, 1.807) is 6.92 Å². The Morgan fingerprint density at radius 3 is 1.50 bits per heavy atom. The Labute approximate surface area is 132 Å². The van der Waals surface area contributed by atoms with Crippen LogP contribution in [0.5, 0.6) is 0 Å². The van der Waals surface area contributed by atoms with Crippen molar-refractivity contribution in [3.05, 3.63) is 0 Å². The van der Waals surface area contributed by atoms with Gasteiger partial charge in [0.1, 0.15) is 0 Å². The van der Waals surface area contributed by atoms with Gasteiger partial charge in [-0.1, -0.05) is 12.8 Å². The first kappa shape index (κ1) is 20.8. The molecule has 0 rings (SSSR count). The van der Waals surface area contributed by atoms with Crippen LogP contribution in [0.2, 0.25) is 0 Å². The summed E-state index contributed by atoms with van der Waals surface area (Å²) >= 11 is 0. The van der Waals surface area contributed by atoms with E-state index < -0.39 is 18.2 Å². The van der Waals surface area contributed by atoms with Crippen LogP contribution in [0.25, 0.3) is 0 Å². The Bertz CT molecular complexity index is 296. The minimum atomic E-state index is -0.593. The summed E-state index contributed by atoms with van der Waals surface area (Å²) in [7, 11) is 0. The van der Waals surface area contributed by atoms with Gasteiger partial charge in [0.25, 0.3) is 0 Å². The lowest BCUT2D eigenvalue weighted by Crippen LogP contribution is -2.54. The number of amides is 2. The van der Waals surface area contributed by atoms with Gasteiger partial charge in [0, 0.05) is 0 Å². The molecule has 0 radical (unpaired) electrons. The second-order valence-electron chi connectivity index (χ2n) is 5.52. The van der Waals surface area contributed by atoms with E-state index >= 15 is 0 Å². The molecule has 8 heteroatoms. The minimum Gasteiger partial charge on any atom is -0.335 e. The Morgan fingerprint density at radius 2 is 1.18 bits per heavy atom. The molecule has 0 saturated heterocycles. The van der Waals surface area contributed by atoms with Crippen molar-refractivity contribution in [1.82, 2.24) is 10.6 Å². The molecule has 2 atom stereocenters. The summed E-state index contributed by atoms with van der Waals surface area (Å²) in [4.78, 5) is 23.7. The molecule has 130 valence electrons. The van der Waals surface area contributed by atoms with E-state index in [9.17, 15) is 9.59 Å². The third kappa shape index (κ3) is 9.67. The van der Waals surface area contributed by atoms with E-state index in [1.165, 1.54) is 0 Å². The molecule has 0 aliphatic heterocycles. The highest BCUT2D eigenvalue weighted by Gasteiger charge is 2.19. The summed E-state index contributed by atoms with van der Waals surface area (Å²) in [5, 5.41) is 5.31. The zero-order valence-electron chi connectivity index (χ0n) is 13.5. The summed E-state index contributed by atoms with van der Waals surface area (Å²) in [6, 6.07) is -1.19. The van der Waals surface area contributed by atoms with Gasteiger partial charge in [-0.15, -0.1) is 0 Å². The molecular weight excluding hydrogens is 284 g/mol. The molecule has 0 heterocycles. The quantitative estimate of drug-likeness (QED) is 0.189. The summed E-state index contributed by atoms with van der Waals surface area (Å²) in [5.74, 6) is -0.581.